The number of rotatable bonds is 1. The SMILES string of the molecule is CC(C)(C)OC(=O)N[C@@H]1[C@@H]2C[C@@H]3[C@H]([C@@H]2O)[C@@H]31. The van der Waals surface area contributed by atoms with Gasteiger partial charge in [-0.1, -0.05) is 0 Å². The predicted octanol–water partition coefficient (Wildman–Crippen LogP) is 1.14. The van der Waals surface area contributed by atoms with Gasteiger partial charge in [0.25, 0.3) is 0 Å². The number of alkyl carbamates (subject to hydrolysis) is 1. The number of hydrogen-bond donors (Lipinski definition) is 2. The summed E-state index contributed by atoms with van der Waals surface area (Å²) in [4.78, 5) is 11.6. The Morgan fingerprint density at radius 1 is 1.31 bits per heavy atom. The zero-order valence-corrected chi connectivity index (χ0v) is 9.93. The summed E-state index contributed by atoms with van der Waals surface area (Å²) >= 11 is 0. The Morgan fingerprint density at radius 3 is 2.38 bits per heavy atom. The molecular weight excluding hydrogens is 206 g/mol. The van der Waals surface area contributed by atoms with Crippen molar-refractivity contribution < 1.29 is 14.6 Å². The molecule has 0 spiro atoms. The molecule has 2 N–H and O–H groups in total. The van der Waals surface area contributed by atoms with Gasteiger partial charge in [0.2, 0.25) is 0 Å². The lowest BCUT2D eigenvalue weighted by Gasteiger charge is -2.23. The van der Waals surface area contributed by atoms with Crippen LogP contribution in [0.3, 0.4) is 0 Å². The number of carbonyl (C=O) groups is 1. The zero-order chi connectivity index (χ0) is 11.7. The van der Waals surface area contributed by atoms with Crippen molar-refractivity contribution in [1.82, 2.24) is 5.32 Å². The molecule has 4 saturated carbocycles. The van der Waals surface area contributed by atoms with Crippen molar-refractivity contribution in [2.24, 2.45) is 23.7 Å². The summed E-state index contributed by atoms with van der Waals surface area (Å²) in [6, 6.07) is 0.153. The molecule has 4 aliphatic carbocycles. The van der Waals surface area contributed by atoms with Gasteiger partial charge in [0, 0.05) is 12.0 Å². The molecule has 0 saturated heterocycles. The van der Waals surface area contributed by atoms with Crippen molar-refractivity contribution in [2.45, 2.75) is 44.9 Å². The Morgan fingerprint density at radius 2 is 2.00 bits per heavy atom. The second kappa shape index (κ2) is 2.92. The molecule has 0 heterocycles. The molecule has 1 amide bonds. The van der Waals surface area contributed by atoms with Crippen LogP contribution in [0.1, 0.15) is 27.2 Å². The molecule has 0 radical (unpaired) electrons. The first kappa shape index (κ1) is 10.4. The van der Waals surface area contributed by atoms with E-state index in [1.807, 2.05) is 20.8 Å². The Labute approximate surface area is 95.4 Å². The average molecular weight is 225 g/mol. The summed E-state index contributed by atoms with van der Waals surface area (Å²) in [7, 11) is 0. The van der Waals surface area contributed by atoms with E-state index in [2.05, 4.69) is 5.32 Å². The first-order valence-corrected chi connectivity index (χ1v) is 6.06. The van der Waals surface area contributed by atoms with Crippen molar-refractivity contribution in [3.8, 4) is 0 Å². The molecule has 0 aliphatic heterocycles. The largest absolute Gasteiger partial charge is 0.444 e. The van der Waals surface area contributed by atoms with E-state index in [0.717, 1.165) is 6.42 Å². The summed E-state index contributed by atoms with van der Waals surface area (Å²) in [6.45, 7) is 5.57. The standard InChI is InChI=1S/C12H19NO3/c1-12(2,3)16-11(15)13-9-6-4-5-7(9)8(5)10(6)14/h5-10,14H,4H2,1-3H3,(H,13,15)/t5-,6-,7+,8-,9+,10+/m0/s1. The van der Waals surface area contributed by atoms with Gasteiger partial charge in [-0.05, 0) is 44.9 Å². The third-order valence-corrected chi connectivity index (χ3v) is 4.23. The highest BCUT2D eigenvalue weighted by Gasteiger charge is 2.73. The first-order valence-electron chi connectivity index (χ1n) is 6.06. The predicted molar refractivity (Wildman–Crippen MR) is 57.7 cm³/mol. The zero-order valence-electron chi connectivity index (χ0n) is 9.93. The molecule has 4 aliphatic rings. The molecule has 4 fully saturated rings. The lowest BCUT2D eigenvalue weighted by atomic mass is 10.1. The minimum atomic E-state index is -0.451. The van der Waals surface area contributed by atoms with E-state index < -0.39 is 5.60 Å². The molecule has 4 bridgehead atoms. The topological polar surface area (TPSA) is 58.6 Å². The number of amides is 1. The number of ether oxygens (including phenoxy) is 1. The van der Waals surface area contributed by atoms with Gasteiger partial charge < -0.3 is 15.2 Å². The Bertz CT molecular complexity index is 336. The number of carbonyl (C=O) groups excluding carboxylic acids is 1. The van der Waals surface area contributed by atoms with Gasteiger partial charge in [-0.15, -0.1) is 0 Å². The molecule has 4 rings (SSSR count). The van der Waals surface area contributed by atoms with E-state index in [1.165, 1.54) is 0 Å². The monoisotopic (exact) mass is 225 g/mol. The van der Waals surface area contributed by atoms with Gasteiger partial charge in [-0.3, -0.25) is 0 Å². The maximum atomic E-state index is 11.6. The number of hydrogen-bond acceptors (Lipinski definition) is 3. The average Bonchev–Trinajstić information content (AvgIpc) is 2.43. The Kier molecular flexibility index (Phi) is 1.89. The second-order valence-corrected chi connectivity index (χ2v) is 6.38. The van der Waals surface area contributed by atoms with Crippen LogP contribution in [-0.2, 0) is 4.74 Å². The third kappa shape index (κ3) is 1.35. The van der Waals surface area contributed by atoms with E-state index >= 15 is 0 Å². The van der Waals surface area contributed by atoms with Crippen molar-refractivity contribution in [3.05, 3.63) is 0 Å². The van der Waals surface area contributed by atoms with Gasteiger partial charge in [0.05, 0.1) is 6.10 Å². The quantitative estimate of drug-likeness (QED) is 0.703. The van der Waals surface area contributed by atoms with Crippen LogP contribution >= 0.6 is 0 Å². The molecule has 0 aromatic rings. The van der Waals surface area contributed by atoms with Gasteiger partial charge >= 0.3 is 6.09 Å². The van der Waals surface area contributed by atoms with Crippen LogP contribution in [0.2, 0.25) is 0 Å². The highest BCUT2D eigenvalue weighted by molar-refractivity contribution is 5.68. The fourth-order valence-corrected chi connectivity index (χ4v) is 3.76. The molecule has 6 atom stereocenters. The van der Waals surface area contributed by atoms with E-state index in [-0.39, 0.29) is 24.2 Å². The Hall–Kier alpha value is -0.770. The molecule has 90 valence electrons. The maximum absolute atomic E-state index is 11.6. The molecule has 0 aromatic carbocycles. The van der Waals surface area contributed by atoms with Crippen LogP contribution in [-0.4, -0.2) is 28.9 Å². The van der Waals surface area contributed by atoms with Gasteiger partial charge in [-0.2, -0.15) is 0 Å². The van der Waals surface area contributed by atoms with Crippen LogP contribution in [0, 0.1) is 23.7 Å². The minimum absolute atomic E-state index is 0.153. The molecule has 0 unspecified atom stereocenters. The van der Waals surface area contributed by atoms with Crippen LogP contribution in [0.25, 0.3) is 0 Å². The summed E-state index contributed by atoms with van der Waals surface area (Å²) < 4.78 is 5.24. The number of nitrogens with one attached hydrogen (secondary N) is 1. The number of aliphatic hydroxyl groups is 1. The van der Waals surface area contributed by atoms with Crippen LogP contribution < -0.4 is 5.32 Å². The van der Waals surface area contributed by atoms with Crippen molar-refractivity contribution in [3.63, 3.8) is 0 Å². The van der Waals surface area contributed by atoms with Crippen molar-refractivity contribution >= 4 is 6.09 Å². The Balaban J connectivity index is 1.59. The smallest absolute Gasteiger partial charge is 0.407 e. The fraction of sp³-hybridized carbons (Fsp3) is 0.917. The van der Waals surface area contributed by atoms with E-state index in [0.29, 0.717) is 17.8 Å². The van der Waals surface area contributed by atoms with Gasteiger partial charge in [0.1, 0.15) is 5.60 Å². The summed E-state index contributed by atoms with van der Waals surface area (Å²) in [6.07, 6.45) is 0.551. The lowest BCUT2D eigenvalue weighted by molar-refractivity contribution is 0.0476. The van der Waals surface area contributed by atoms with E-state index in [1.54, 1.807) is 0 Å². The van der Waals surface area contributed by atoms with Crippen molar-refractivity contribution in [2.75, 3.05) is 0 Å². The van der Waals surface area contributed by atoms with E-state index in [9.17, 15) is 9.90 Å². The summed E-state index contributed by atoms with van der Waals surface area (Å²) in [5.74, 6) is 1.92. The normalized spacial score (nSPS) is 48.0. The van der Waals surface area contributed by atoms with Crippen LogP contribution in [0.5, 0.6) is 0 Å². The summed E-state index contributed by atoms with van der Waals surface area (Å²) in [5, 5.41) is 12.8. The molecular formula is C12H19NO3. The number of aliphatic hydroxyl groups excluding tert-OH is 1. The van der Waals surface area contributed by atoms with Gasteiger partial charge in [0.15, 0.2) is 0 Å². The minimum Gasteiger partial charge on any atom is -0.444 e. The lowest BCUT2D eigenvalue weighted by Crippen LogP contribution is -2.42. The van der Waals surface area contributed by atoms with Gasteiger partial charge in [-0.25, -0.2) is 4.79 Å². The third-order valence-electron chi connectivity index (χ3n) is 4.23. The van der Waals surface area contributed by atoms with Crippen LogP contribution in [0.15, 0.2) is 0 Å². The first-order chi connectivity index (χ1) is 7.38. The van der Waals surface area contributed by atoms with Crippen molar-refractivity contribution in [1.29, 1.82) is 0 Å². The fourth-order valence-electron chi connectivity index (χ4n) is 3.76. The van der Waals surface area contributed by atoms with E-state index in [4.69, 9.17) is 4.74 Å². The molecule has 16 heavy (non-hydrogen) atoms. The highest BCUT2D eigenvalue weighted by Crippen LogP contribution is 2.70. The molecule has 4 heteroatoms. The van der Waals surface area contributed by atoms with Crippen LogP contribution in [0.4, 0.5) is 4.79 Å². The maximum Gasteiger partial charge on any atom is 0.407 e. The molecule has 0 aromatic heterocycles. The molecule has 4 nitrogen and oxygen atoms in total. The summed E-state index contributed by atoms with van der Waals surface area (Å²) in [5.41, 5.74) is -0.451. The second-order valence-electron chi connectivity index (χ2n) is 6.38. The highest BCUT2D eigenvalue weighted by atomic mass is 16.6.